The van der Waals surface area contributed by atoms with Gasteiger partial charge in [0.2, 0.25) is 0 Å². The number of hydrogen-bond acceptors (Lipinski definition) is 7. The highest BCUT2D eigenvalue weighted by molar-refractivity contribution is 6.12. The van der Waals surface area contributed by atoms with E-state index in [1.54, 1.807) is 31.4 Å². The molecule has 1 N–H and O–H groups in total. The summed E-state index contributed by atoms with van der Waals surface area (Å²) < 4.78 is 16.8. The van der Waals surface area contributed by atoms with Crippen molar-refractivity contribution in [3.8, 4) is 11.5 Å². The van der Waals surface area contributed by atoms with Crippen molar-refractivity contribution in [1.29, 1.82) is 0 Å². The molecule has 0 radical (unpaired) electrons. The van der Waals surface area contributed by atoms with E-state index in [1.165, 1.54) is 7.11 Å². The van der Waals surface area contributed by atoms with Crippen LogP contribution in [0, 0.1) is 0 Å². The number of nitrogens with zero attached hydrogens (tertiary/aromatic N) is 1. The van der Waals surface area contributed by atoms with Crippen LogP contribution in [-0.4, -0.2) is 45.2 Å². The van der Waals surface area contributed by atoms with Crippen molar-refractivity contribution in [3.63, 3.8) is 0 Å². The van der Waals surface area contributed by atoms with Gasteiger partial charge in [0.1, 0.15) is 24.1 Å². The van der Waals surface area contributed by atoms with E-state index >= 15 is 0 Å². The van der Waals surface area contributed by atoms with E-state index in [4.69, 9.17) is 14.2 Å². The van der Waals surface area contributed by atoms with Crippen molar-refractivity contribution in [2.75, 3.05) is 37.6 Å². The smallest absolute Gasteiger partial charge is 0.328 e. The normalized spacial score (nSPS) is 11.3. The monoisotopic (exact) mass is 614 g/mol. The van der Waals surface area contributed by atoms with Crippen LogP contribution in [0.25, 0.3) is 0 Å². The highest BCUT2D eigenvalue weighted by atomic mass is 16.5. The predicted octanol–water partition coefficient (Wildman–Crippen LogP) is 7.21. The largest absolute Gasteiger partial charge is 0.496 e. The number of benzene rings is 5. The molecule has 0 amide bonds. The summed E-state index contributed by atoms with van der Waals surface area (Å²) in [7, 11) is 3.05. The Balaban J connectivity index is 1.23. The molecule has 5 rings (SSSR count). The first-order valence-electron chi connectivity index (χ1n) is 15.2. The summed E-state index contributed by atoms with van der Waals surface area (Å²) in [5, 5.41) is 3.26. The second-order valence-electron chi connectivity index (χ2n) is 10.7. The van der Waals surface area contributed by atoms with Crippen LogP contribution in [-0.2, 0) is 22.5 Å². The third-order valence-electron chi connectivity index (χ3n) is 7.69. The minimum Gasteiger partial charge on any atom is -0.496 e. The molecule has 0 bridgehead atoms. The van der Waals surface area contributed by atoms with Gasteiger partial charge < -0.3 is 24.4 Å². The van der Waals surface area contributed by atoms with Crippen LogP contribution in [0.4, 0.5) is 11.4 Å². The Hall–Kier alpha value is -5.56. The summed E-state index contributed by atoms with van der Waals surface area (Å²) in [6.45, 7) is 1.82. The molecule has 5 aromatic carbocycles. The summed E-state index contributed by atoms with van der Waals surface area (Å²) in [5.74, 6) is 1.04. The van der Waals surface area contributed by atoms with Gasteiger partial charge in [0.15, 0.2) is 5.78 Å². The van der Waals surface area contributed by atoms with Crippen LogP contribution in [0.5, 0.6) is 11.5 Å². The lowest BCUT2D eigenvalue weighted by Crippen LogP contribution is -2.33. The van der Waals surface area contributed by atoms with Gasteiger partial charge in [-0.25, -0.2) is 4.79 Å². The summed E-state index contributed by atoms with van der Waals surface area (Å²) in [6, 6.07) is 41.6. The molecule has 5 aromatic rings. The Bertz CT molecular complexity index is 1710. The molecule has 46 heavy (non-hydrogen) atoms. The van der Waals surface area contributed by atoms with Crippen molar-refractivity contribution in [2.45, 2.75) is 19.0 Å². The van der Waals surface area contributed by atoms with Gasteiger partial charge in [0.25, 0.3) is 0 Å². The number of esters is 1. The molecule has 0 saturated carbocycles. The van der Waals surface area contributed by atoms with Crippen molar-refractivity contribution in [3.05, 3.63) is 156 Å². The molecule has 0 fully saturated rings. The zero-order valence-electron chi connectivity index (χ0n) is 26.1. The Morgan fingerprint density at radius 3 is 2.11 bits per heavy atom. The van der Waals surface area contributed by atoms with Crippen LogP contribution in [0.15, 0.2) is 133 Å². The van der Waals surface area contributed by atoms with Crippen molar-refractivity contribution >= 4 is 23.1 Å². The minimum absolute atomic E-state index is 0.123. The van der Waals surface area contributed by atoms with Crippen LogP contribution in [0.3, 0.4) is 0 Å². The molecule has 0 unspecified atom stereocenters. The first kappa shape index (κ1) is 31.9. The van der Waals surface area contributed by atoms with Crippen molar-refractivity contribution in [1.82, 2.24) is 0 Å². The van der Waals surface area contributed by atoms with Gasteiger partial charge in [-0.1, -0.05) is 91.0 Å². The zero-order chi connectivity index (χ0) is 32.1. The van der Waals surface area contributed by atoms with Gasteiger partial charge in [-0.2, -0.15) is 0 Å². The van der Waals surface area contributed by atoms with E-state index in [9.17, 15) is 9.59 Å². The Labute approximate surface area is 270 Å². The fraction of sp³-hybridized carbons (Fsp3) is 0.179. The fourth-order valence-electron chi connectivity index (χ4n) is 5.28. The first-order valence-corrected chi connectivity index (χ1v) is 15.2. The standard InChI is InChI=1S/C39H38N2O5/c1-44-37-20-12-9-15-31(37)28-41(32-16-7-4-8-17-32)25-26-46-33-23-21-29(22-24-33)27-36(39(43)45-2)40-35-19-11-10-18-34(35)38(42)30-13-5-3-6-14-30/h3-24,36,40H,25-28H2,1-2H3/t36-/m0/s1. The van der Waals surface area contributed by atoms with Gasteiger partial charge in [-0.05, 0) is 48.0 Å². The van der Waals surface area contributed by atoms with E-state index in [0.717, 1.165) is 28.3 Å². The number of carbonyl (C=O) groups is 2. The van der Waals surface area contributed by atoms with Gasteiger partial charge in [-0.3, -0.25) is 4.79 Å². The van der Waals surface area contributed by atoms with Crippen LogP contribution in [0.1, 0.15) is 27.0 Å². The molecule has 0 saturated heterocycles. The van der Waals surface area contributed by atoms with Gasteiger partial charge in [0.05, 0.1) is 20.8 Å². The molecule has 0 spiro atoms. The Morgan fingerprint density at radius 1 is 0.739 bits per heavy atom. The first-order chi connectivity index (χ1) is 22.6. The predicted molar refractivity (Wildman–Crippen MR) is 182 cm³/mol. The van der Waals surface area contributed by atoms with Crippen LogP contribution in [0.2, 0.25) is 0 Å². The maximum atomic E-state index is 13.2. The number of anilines is 2. The molecule has 7 nitrogen and oxygen atoms in total. The second-order valence-corrected chi connectivity index (χ2v) is 10.7. The summed E-state index contributed by atoms with van der Waals surface area (Å²) in [4.78, 5) is 28.3. The second kappa shape index (κ2) is 16.0. The third kappa shape index (κ3) is 8.33. The summed E-state index contributed by atoms with van der Waals surface area (Å²) in [5.41, 5.74) is 4.75. The number of rotatable bonds is 15. The molecule has 0 heterocycles. The van der Waals surface area contributed by atoms with Gasteiger partial charge >= 0.3 is 5.97 Å². The minimum atomic E-state index is -0.698. The molecule has 0 aliphatic carbocycles. The number of para-hydroxylation sites is 3. The van der Waals surface area contributed by atoms with E-state index in [2.05, 4.69) is 28.4 Å². The molecule has 0 aromatic heterocycles. The number of methoxy groups -OCH3 is 2. The average Bonchev–Trinajstić information content (AvgIpc) is 3.12. The lowest BCUT2D eigenvalue weighted by Gasteiger charge is -2.26. The highest BCUT2D eigenvalue weighted by Gasteiger charge is 2.23. The SMILES string of the molecule is COC(=O)[C@H](Cc1ccc(OCCN(Cc2ccccc2OC)c2ccccc2)cc1)Nc1ccccc1C(=O)c1ccccc1. The average molecular weight is 615 g/mol. The molecule has 234 valence electrons. The quantitative estimate of drug-likeness (QED) is 0.0987. The third-order valence-corrected chi connectivity index (χ3v) is 7.69. The number of carbonyl (C=O) groups excluding carboxylic acids is 2. The Morgan fingerprint density at radius 2 is 1.39 bits per heavy atom. The number of ketones is 1. The van der Waals surface area contributed by atoms with Crippen LogP contribution >= 0.6 is 0 Å². The fourth-order valence-corrected chi connectivity index (χ4v) is 5.28. The Kier molecular flexibility index (Phi) is 11.0. The molecule has 1 atom stereocenters. The molecule has 0 aliphatic heterocycles. The molecular weight excluding hydrogens is 576 g/mol. The maximum absolute atomic E-state index is 13.2. The molecule has 0 aliphatic rings. The van der Waals surface area contributed by atoms with Crippen molar-refractivity contribution < 1.29 is 23.8 Å². The van der Waals surface area contributed by atoms with Crippen LogP contribution < -0.4 is 19.7 Å². The van der Waals surface area contributed by atoms with E-state index in [0.29, 0.717) is 42.9 Å². The van der Waals surface area contributed by atoms with E-state index in [-0.39, 0.29) is 5.78 Å². The number of nitrogens with one attached hydrogen (secondary N) is 1. The molecular formula is C39H38N2O5. The summed E-state index contributed by atoms with van der Waals surface area (Å²) >= 11 is 0. The maximum Gasteiger partial charge on any atom is 0.328 e. The number of hydrogen-bond donors (Lipinski definition) is 1. The lowest BCUT2D eigenvalue weighted by molar-refractivity contribution is -0.141. The summed E-state index contributed by atoms with van der Waals surface area (Å²) in [6.07, 6.45) is 0.363. The van der Waals surface area contributed by atoms with E-state index < -0.39 is 12.0 Å². The lowest BCUT2D eigenvalue weighted by atomic mass is 10.00. The highest BCUT2D eigenvalue weighted by Crippen LogP contribution is 2.24. The van der Waals surface area contributed by atoms with Crippen molar-refractivity contribution in [2.24, 2.45) is 0 Å². The van der Waals surface area contributed by atoms with Gasteiger partial charge in [-0.15, -0.1) is 0 Å². The van der Waals surface area contributed by atoms with E-state index in [1.807, 2.05) is 91.0 Å². The van der Waals surface area contributed by atoms with Gasteiger partial charge in [0, 0.05) is 41.0 Å². The number of ether oxygens (including phenoxy) is 3. The topological polar surface area (TPSA) is 77.1 Å². The molecule has 7 heteroatoms. The zero-order valence-corrected chi connectivity index (χ0v) is 26.1.